The Hall–Kier alpha value is -2.14. The Bertz CT molecular complexity index is 691. The molecule has 132 valence electrons. The van der Waals surface area contributed by atoms with Crippen molar-refractivity contribution < 1.29 is 41.0 Å². The number of carbonyl (C=O) groups excluding carboxylic acids is 1. The second-order valence-corrected chi connectivity index (χ2v) is 5.02. The first-order valence-corrected chi connectivity index (χ1v) is 6.37. The summed E-state index contributed by atoms with van der Waals surface area (Å²) in [5.74, 6) is -2.30. The van der Waals surface area contributed by atoms with Crippen LogP contribution in [0.25, 0.3) is 0 Å². The Kier molecular flexibility index (Phi) is 4.35. The number of halogens is 6. The standard InChI is InChI=1S/C13H10F6N2O3/c1-7-6-11(23,12(15,16)24-13(17,18)19)21(20-7)10(22)8-3-2-4-9(14)5-8/h2-5,23H,6H2,1H3/t11-/m0/s1. The lowest BCUT2D eigenvalue weighted by Gasteiger charge is -2.36. The van der Waals surface area contributed by atoms with E-state index in [9.17, 15) is 36.2 Å². The number of carbonyl (C=O) groups is 1. The first-order chi connectivity index (χ1) is 10.9. The molecule has 0 aromatic heterocycles. The summed E-state index contributed by atoms with van der Waals surface area (Å²) < 4.78 is 80.1. The van der Waals surface area contributed by atoms with E-state index in [1.807, 2.05) is 0 Å². The highest BCUT2D eigenvalue weighted by atomic mass is 19.4. The number of hydrogen-bond donors (Lipinski definition) is 1. The smallest absolute Gasteiger partial charge is 0.362 e. The van der Waals surface area contributed by atoms with Gasteiger partial charge in [-0.1, -0.05) is 6.07 Å². The number of nitrogens with zero attached hydrogens (tertiary/aromatic N) is 2. The van der Waals surface area contributed by atoms with Gasteiger partial charge in [0.15, 0.2) is 0 Å². The number of alkyl halides is 5. The summed E-state index contributed by atoms with van der Waals surface area (Å²) in [4.78, 5) is 12.2. The summed E-state index contributed by atoms with van der Waals surface area (Å²) in [6, 6.07) is 3.73. The summed E-state index contributed by atoms with van der Waals surface area (Å²) in [6.07, 6.45) is -12.1. The average Bonchev–Trinajstić information content (AvgIpc) is 2.72. The third kappa shape index (κ3) is 3.36. The largest absolute Gasteiger partial charge is 0.527 e. The van der Waals surface area contributed by atoms with Crippen LogP contribution in [0.15, 0.2) is 29.4 Å². The van der Waals surface area contributed by atoms with E-state index in [0.717, 1.165) is 25.1 Å². The normalized spacial score (nSPS) is 21.8. The maximum atomic E-state index is 13.9. The highest BCUT2D eigenvalue weighted by Crippen LogP contribution is 2.43. The van der Waals surface area contributed by atoms with E-state index in [1.54, 1.807) is 0 Å². The molecule has 1 heterocycles. The molecule has 1 aromatic rings. The van der Waals surface area contributed by atoms with Crippen molar-refractivity contribution in [1.82, 2.24) is 5.01 Å². The van der Waals surface area contributed by atoms with Crippen LogP contribution in [-0.2, 0) is 4.74 Å². The predicted molar refractivity (Wildman–Crippen MR) is 67.3 cm³/mol. The van der Waals surface area contributed by atoms with Gasteiger partial charge in [-0.2, -0.15) is 18.9 Å². The van der Waals surface area contributed by atoms with Gasteiger partial charge in [0, 0.05) is 17.7 Å². The quantitative estimate of drug-likeness (QED) is 0.848. The zero-order valence-corrected chi connectivity index (χ0v) is 11.9. The van der Waals surface area contributed by atoms with Crippen LogP contribution >= 0.6 is 0 Å². The van der Waals surface area contributed by atoms with Crippen LogP contribution in [0, 0.1) is 5.82 Å². The average molecular weight is 356 g/mol. The molecule has 11 heteroatoms. The summed E-state index contributed by atoms with van der Waals surface area (Å²) in [6.45, 7) is 1.12. The fraction of sp³-hybridized carbons (Fsp3) is 0.385. The van der Waals surface area contributed by atoms with Gasteiger partial charge in [0.25, 0.3) is 11.6 Å². The number of hydrazone groups is 1. The van der Waals surface area contributed by atoms with E-state index in [1.165, 1.54) is 0 Å². The topological polar surface area (TPSA) is 62.1 Å². The molecule has 0 saturated heterocycles. The molecular formula is C13H10F6N2O3. The number of amides is 1. The Balaban J connectivity index is 2.41. The van der Waals surface area contributed by atoms with Gasteiger partial charge < -0.3 is 5.11 Å². The lowest BCUT2D eigenvalue weighted by molar-refractivity contribution is -0.468. The summed E-state index contributed by atoms with van der Waals surface area (Å²) in [7, 11) is 0. The predicted octanol–water partition coefficient (Wildman–Crippen LogP) is 2.87. The Morgan fingerprint density at radius 2 is 1.96 bits per heavy atom. The van der Waals surface area contributed by atoms with Crippen molar-refractivity contribution in [2.45, 2.75) is 31.5 Å². The van der Waals surface area contributed by atoms with Gasteiger partial charge in [0.1, 0.15) is 5.82 Å². The van der Waals surface area contributed by atoms with Crippen LogP contribution in [0.2, 0.25) is 0 Å². The lowest BCUT2D eigenvalue weighted by Crippen LogP contribution is -2.61. The van der Waals surface area contributed by atoms with Crippen LogP contribution in [0.3, 0.4) is 0 Å². The van der Waals surface area contributed by atoms with E-state index in [4.69, 9.17) is 0 Å². The van der Waals surface area contributed by atoms with Crippen molar-refractivity contribution >= 4 is 11.6 Å². The molecule has 1 aliphatic rings. The first kappa shape index (κ1) is 18.2. The van der Waals surface area contributed by atoms with Gasteiger partial charge in [-0.25, -0.2) is 9.13 Å². The van der Waals surface area contributed by atoms with Gasteiger partial charge in [-0.3, -0.25) is 4.79 Å². The molecule has 0 radical (unpaired) electrons. The van der Waals surface area contributed by atoms with E-state index < -0.39 is 41.9 Å². The molecule has 5 nitrogen and oxygen atoms in total. The van der Waals surface area contributed by atoms with Crippen LogP contribution in [0.4, 0.5) is 26.3 Å². The maximum absolute atomic E-state index is 13.9. The van der Waals surface area contributed by atoms with Crippen LogP contribution in [-0.4, -0.2) is 39.9 Å². The van der Waals surface area contributed by atoms with Crippen molar-refractivity contribution in [2.75, 3.05) is 0 Å². The van der Waals surface area contributed by atoms with Crippen molar-refractivity contribution in [2.24, 2.45) is 5.10 Å². The molecule has 0 saturated carbocycles. The van der Waals surface area contributed by atoms with Crippen molar-refractivity contribution in [3.63, 3.8) is 0 Å². The molecule has 1 amide bonds. The molecular weight excluding hydrogens is 346 g/mol. The Labute approximate surface area is 131 Å². The molecule has 1 aliphatic heterocycles. The SMILES string of the molecule is CC1=NN(C(=O)c2cccc(F)c2)[C@@](O)(C(F)(F)OC(F)(F)F)C1. The van der Waals surface area contributed by atoms with Crippen LogP contribution in [0.1, 0.15) is 23.7 Å². The number of ether oxygens (including phenoxy) is 1. The summed E-state index contributed by atoms with van der Waals surface area (Å²) in [5, 5.41) is 13.1. The van der Waals surface area contributed by atoms with Crippen molar-refractivity contribution in [3.05, 3.63) is 35.6 Å². The number of rotatable bonds is 3. The maximum Gasteiger partial charge on any atom is 0.527 e. The first-order valence-electron chi connectivity index (χ1n) is 6.37. The molecule has 1 N–H and O–H groups in total. The highest BCUT2D eigenvalue weighted by molar-refractivity contribution is 5.97. The minimum absolute atomic E-state index is 0.233. The molecule has 0 spiro atoms. The molecule has 1 atom stereocenters. The third-order valence-electron chi connectivity index (χ3n) is 3.10. The molecule has 1 aromatic carbocycles. The van der Waals surface area contributed by atoms with Gasteiger partial charge in [-0.05, 0) is 25.1 Å². The van der Waals surface area contributed by atoms with E-state index in [0.29, 0.717) is 6.07 Å². The van der Waals surface area contributed by atoms with Gasteiger partial charge in [0.2, 0.25) is 0 Å². The summed E-state index contributed by atoms with van der Waals surface area (Å²) in [5.41, 5.74) is -4.45. The molecule has 0 bridgehead atoms. The van der Waals surface area contributed by atoms with E-state index in [2.05, 4.69) is 9.84 Å². The van der Waals surface area contributed by atoms with Gasteiger partial charge in [-0.15, -0.1) is 13.2 Å². The van der Waals surface area contributed by atoms with E-state index >= 15 is 0 Å². The van der Waals surface area contributed by atoms with Crippen molar-refractivity contribution in [3.8, 4) is 0 Å². The van der Waals surface area contributed by atoms with E-state index in [-0.39, 0.29) is 10.7 Å². The lowest BCUT2D eigenvalue weighted by atomic mass is 10.1. The fourth-order valence-electron chi connectivity index (χ4n) is 2.13. The zero-order chi connectivity index (χ0) is 18.3. The molecule has 0 unspecified atom stereocenters. The highest BCUT2D eigenvalue weighted by Gasteiger charge is 2.66. The minimum Gasteiger partial charge on any atom is -0.362 e. The van der Waals surface area contributed by atoms with Crippen LogP contribution in [0.5, 0.6) is 0 Å². The van der Waals surface area contributed by atoms with Crippen molar-refractivity contribution in [1.29, 1.82) is 0 Å². The van der Waals surface area contributed by atoms with Gasteiger partial charge >= 0.3 is 12.5 Å². The monoisotopic (exact) mass is 356 g/mol. The van der Waals surface area contributed by atoms with Crippen LogP contribution < -0.4 is 0 Å². The number of hydrogen-bond acceptors (Lipinski definition) is 4. The second-order valence-electron chi connectivity index (χ2n) is 5.02. The minimum atomic E-state index is -5.77. The molecule has 2 rings (SSSR count). The summed E-state index contributed by atoms with van der Waals surface area (Å²) >= 11 is 0. The second kappa shape index (κ2) is 5.74. The molecule has 0 fully saturated rings. The Morgan fingerprint density at radius 3 is 2.50 bits per heavy atom. The van der Waals surface area contributed by atoms with Gasteiger partial charge in [0.05, 0.1) is 0 Å². The third-order valence-corrected chi connectivity index (χ3v) is 3.10. The molecule has 24 heavy (non-hydrogen) atoms. The fourth-order valence-corrected chi connectivity index (χ4v) is 2.13. The number of aliphatic hydroxyl groups is 1. The number of benzene rings is 1. The zero-order valence-electron chi connectivity index (χ0n) is 11.9. The Morgan fingerprint density at radius 1 is 1.33 bits per heavy atom. The molecule has 0 aliphatic carbocycles.